The third kappa shape index (κ3) is 6.46. The molecule has 1 N–H and O–H groups in total. The van der Waals surface area contributed by atoms with Gasteiger partial charge < -0.3 is 9.47 Å². The van der Waals surface area contributed by atoms with Crippen LogP contribution in [0.2, 0.25) is 0 Å². The van der Waals surface area contributed by atoms with Crippen LogP contribution in [0.4, 0.5) is 30.7 Å². The lowest BCUT2D eigenvalue weighted by Gasteiger charge is -2.36. The van der Waals surface area contributed by atoms with Crippen molar-refractivity contribution in [2.75, 3.05) is 6.61 Å². The van der Waals surface area contributed by atoms with Gasteiger partial charge in [-0.25, -0.2) is 14.2 Å². The summed E-state index contributed by atoms with van der Waals surface area (Å²) in [4.78, 5) is 18.6. The van der Waals surface area contributed by atoms with Crippen molar-refractivity contribution in [1.82, 2.24) is 15.1 Å². The molecule has 4 rings (SSSR count). The predicted molar refractivity (Wildman–Crippen MR) is 129 cm³/mol. The van der Waals surface area contributed by atoms with Gasteiger partial charge in [0, 0.05) is 5.56 Å². The number of nitrogens with one attached hydrogen (secondary N) is 1. The Bertz CT molecular complexity index is 1470. The van der Waals surface area contributed by atoms with Crippen molar-refractivity contribution in [3.8, 4) is 10.6 Å². The van der Waals surface area contributed by atoms with E-state index in [1.54, 1.807) is 13.8 Å². The molecule has 2 heterocycles. The van der Waals surface area contributed by atoms with Gasteiger partial charge >= 0.3 is 18.1 Å². The molecule has 0 radical (unpaired) electrons. The van der Waals surface area contributed by atoms with E-state index in [1.807, 2.05) is 0 Å². The maximum atomic E-state index is 15.3. The highest BCUT2D eigenvalue weighted by Gasteiger charge is 2.44. The number of benzene rings is 1. The molecule has 2 aromatic heterocycles. The summed E-state index contributed by atoms with van der Waals surface area (Å²) in [6, 6.07) is 4.45. The second-order valence-corrected chi connectivity index (χ2v) is 10.2. The first-order valence-electron chi connectivity index (χ1n) is 11.8. The van der Waals surface area contributed by atoms with Crippen LogP contribution in [0.15, 0.2) is 57.3 Å². The molecule has 3 aromatic rings. The maximum Gasteiger partial charge on any atom is 0.438 e. The van der Waals surface area contributed by atoms with Gasteiger partial charge in [-0.15, -0.1) is 11.3 Å². The smallest absolute Gasteiger partial charge is 0.438 e. The van der Waals surface area contributed by atoms with E-state index in [2.05, 4.69) is 19.6 Å². The highest BCUT2D eigenvalue weighted by atomic mass is 32.1. The Balaban J connectivity index is 1.64. The second-order valence-electron chi connectivity index (χ2n) is 9.13. The quantitative estimate of drug-likeness (QED) is 0.279. The number of allylic oxidation sites excluding steroid dienone is 1. The molecule has 0 saturated carbocycles. The SMILES string of the molecule is CCC(OC1=CC(C)(OCC(F)(F)F)C(c2noc(=O)[nH]2)C=C1F)c1sc(-c2ccc(C(F)(F)F)cc2)nc1C. The summed E-state index contributed by atoms with van der Waals surface area (Å²) in [5.41, 5.74) is -1.74. The molecular weight excluding hydrogens is 571 g/mol. The highest BCUT2D eigenvalue weighted by Crippen LogP contribution is 2.44. The standard InChI is InChI=1S/C25H22F7N3O4S/c1-4-17(19-12(2)33-21(40-19)13-5-7-14(8-6-13)25(30,31)32)38-18-10-23(3,37-11-24(27,28)29)15(9-16(18)26)20-34-22(36)39-35-20/h5-10,15,17H,4,11H2,1-3H3,(H,34,35,36). The molecule has 0 bridgehead atoms. The number of aromatic nitrogens is 3. The molecule has 0 amide bonds. The summed E-state index contributed by atoms with van der Waals surface area (Å²) in [5.74, 6) is -3.85. The summed E-state index contributed by atoms with van der Waals surface area (Å²) in [7, 11) is 0. The van der Waals surface area contributed by atoms with Crippen molar-refractivity contribution in [3.63, 3.8) is 0 Å². The zero-order valence-corrected chi connectivity index (χ0v) is 21.9. The van der Waals surface area contributed by atoms with Gasteiger partial charge in [-0.3, -0.25) is 9.51 Å². The molecule has 1 aromatic carbocycles. The molecular formula is C25H22F7N3O4S. The van der Waals surface area contributed by atoms with Crippen molar-refractivity contribution in [2.24, 2.45) is 0 Å². The minimum atomic E-state index is -4.71. The highest BCUT2D eigenvalue weighted by molar-refractivity contribution is 7.15. The summed E-state index contributed by atoms with van der Waals surface area (Å²) < 4.78 is 109. The van der Waals surface area contributed by atoms with Crippen molar-refractivity contribution in [2.45, 2.75) is 57.2 Å². The number of thiazole rings is 1. The zero-order valence-electron chi connectivity index (χ0n) is 21.1. The van der Waals surface area contributed by atoms with Crippen molar-refractivity contribution in [3.05, 3.63) is 80.5 Å². The number of aryl methyl sites for hydroxylation is 1. The lowest BCUT2D eigenvalue weighted by atomic mass is 9.83. The Morgan fingerprint density at radius 3 is 2.40 bits per heavy atom. The summed E-state index contributed by atoms with van der Waals surface area (Å²) in [5, 5.41) is 3.88. The number of aromatic amines is 1. The van der Waals surface area contributed by atoms with E-state index >= 15 is 4.39 Å². The van der Waals surface area contributed by atoms with Crippen LogP contribution in [0, 0.1) is 6.92 Å². The summed E-state index contributed by atoms with van der Waals surface area (Å²) in [6.07, 6.45) is -7.75. The minimum Gasteiger partial charge on any atom is -0.482 e. The van der Waals surface area contributed by atoms with Crippen LogP contribution >= 0.6 is 11.3 Å². The van der Waals surface area contributed by atoms with Gasteiger partial charge in [-0.2, -0.15) is 26.3 Å². The van der Waals surface area contributed by atoms with Crippen LogP contribution < -0.4 is 5.76 Å². The fourth-order valence-corrected chi connectivity index (χ4v) is 5.29. The van der Waals surface area contributed by atoms with Crippen LogP contribution in [0.1, 0.15) is 54.2 Å². The molecule has 1 aliphatic carbocycles. The first-order valence-corrected chi connectivity index (χ1v) is 12.6. The largest absolute Gasteiger partial charge is 0.482 e. The Labute approximate surface area is 226 Å². The number of alkyl halides is 6. The van der Waals surface area contributed by atoms with E-state index in [1.165, 1.54) is 19.1 Å². The van der Waals surface area contributed by atoms with E-state index < -0.39 is 59.5 Å². The number of nitrogens with zero attached hydrogens (tertiary/aromatic N) is 2. The fraction of sp³-hybridized carbons (Fsp3) is 0.400. The maximum absolute atomic E-state index is 15.3. The normalized spacial score (nSPS) is 20.7. The van der Waals surface area contributed by atoms with Crippen LogP contribution in [0.5, 0.6) is 0 Å². The van der Waals surface area contributed by atoms with Gasteiger partial charge in [0.1, 0.15) is 23.3 Å². The molecule has 3 unspecified atom stereocenters. The van der Waals surface area contributed by atoms with Gasteiger partial charge in [0.25, 0.3) is 0 Å². The fourth-order valence-electron chi connectivity index (χ4n) is 4.11. The van der Waals surface area contributed by atoms with E-state index in [-0.39, 0.29) is 5.82 Å². The van der Waals surface area contributed by atoms with Gasteiger partial charge in [-0.05, 0) is 44.6 Å². The molecule has 40 heavy (non-hydrogen) atoms. The van der Waals surface area contributed by atoms with Crippen LogP contribution in [0.25, 0.3) is 10.6 Å². The summed E-state index contributed by atoms with van der Waals surface area (Å²) in [6.45, 7) is 2.96. The lowest BCUT2D eigenvalue weighted by molar-refractivity contribution is -0.197. The topological polar surface area (TPSA) is 90.2 Å². The summed E-state index contributed by atoms with van der Waals surface area (Å²) >= 11 is 1.13. The number of hydrogen-bond acceptors (Lipinski definition) is 7. The molecule has 7 nitrogen and oxygen atoms in total. The molecule has 3 atom stereocenters. The Morgan fingerprint density at radius 2 is 1.85 bits per heavy atom. The molecule has 0 aliphatic heterocycles. The van der Waals surface area contributed by atoms with Gasteiger partial charge in [0.05, 0.1) is 22.1 Å². The van der Waals surface area contributed by atoms with E-state index in [4.69, 9.17) is 9.47 Å². The van der Waals surface area contributed by atoms with Gasteiger partial charge in [0.2, 0.25) is 0 Å². The van der Waals surface area contributed by atoms with Gasteiger partial charge in [-0.1, -0.05) is 24.2 Å². The lowest BCUT2D eigenvalue weighted by Crippen LogP contribution is -2.39. The Morgan fingerprint density at radius 1 is 1.18 bits per heavy atom. The molecule has 15 heteroatoms. The Hall–Kier alpha value is -3.46. The third-order valence-electron chi connectivity index (χ3n) is 6.11. The van der Waals surface area contributed by atoms with Crippen molar-refractivity contribution >= 4 is 11.3 Å². The molecule has 216 valence electrons. The predicted octanol–water partition coefficient (Wildman–Crippen LogP) is 7.15. The molecule has 0 saturated heterocycles. The number of rotatable bonds is 8. The number of hydrogen-bond donors (Lipinski definition) is 1. The van der Waals surface area contributed by atoms with Crippen LogP contribution in [-0.2, 0) is 15.7 Å². The zero-order chi connectivity index (χ0) is 29.5. The van der Waals surface area contributed by atoms with Gasteiger partial charge in [0.15, 0.2) is 17.4 Å². The molecule has 1 aliphatic rings. The van der Waals surface area contributed by atoms with E-state index in [9.17, 15) is 31.1 Å². The van der Waals surface area contributed by atoms with Crippen LogP contribution in [-0.4, -0.2) is 33.5 Å². The monoisotopic (exact) mass is 593 g/mol. The second kappa shape index (κ2) is 10.8. The number of halogens is 7. The average Bonchev–Trinajstić information content (AvgIpc) is 3.48. The first-order chi connectivity index (χ1) is 18.6. The average molecular weight is 594 g/mol. The first kappa shape index (κ1) is 29.5. The molecule has 0 spiro atoms. The third-order valence-corrected chi connectivity index (χ3v) is 7.40. The van der Waals surface area contributed by atoms with Crippen molar-refractivity contribution in [1.29, 1.82) is 0 Å². The van der Waals surface area contributed by atoms with E-state index in [0.29, 0.717) is 27.6 Å². The van der Waals surface area contributed by atoms with Crippen LogP contribution in [0.3, 0.4) is 0 Å². The molecule has 0 fully saturated rings. The van der Waals surface area contributed by atoms with E-state index in [0.717, 1.165) is 35.6 Å². The number of ether oxygens (including phenoxy) is 2. The van der Waals surface area contributed by atoms with Crippen molar-refractivity contribution < 1.29 is 44.7 Å². The Kier molecular flexibility index (Phi) is 8.00. The number of H-pyrrole nitrogens is 1. The minimum absolute atomic E-state index is 0.244.